The minimum absolute atomic E-state index is 0.0988. The molecule has 2 aliphatic carbocycles. The van der Waals surface area contributed by atoms with Gasteiger partial charge >= 0.3 is 18.3 Å². The number of halogens is 6. The first-order valence-electron chi connectivity index (χ1n) is 7.08. The van der Waals surface area contributed by atoms with Crippen LogP contribution in [0, 0.1) is 17.8 Å². The highest BCUT2D eigenvalue weighted by molar-refractivity contribution is 5.81. The summed E-state index contributed by atoms with van der Waals surface area (Å²) in [4.78, 5) is 11.2. The molecular weight excluding hydrogens is 330 g/mol. The number of rotatable bonds is 4. The summed E-state index contributed by atoms with van der Waals surface area (Å²) < 4.78 is 81.7. The van der Waals surface area contributed by atoms with Gasteiger partial charge in [0.15, 0.2) is 0 Å². The van der Waals surface area contributed by atoms with Crippen LogP contribution in [0.4, 0.5) is 26.3 Å². The van der Waals surface area contributed by atoms with Crippen molar-refractivity contribution in [1.29, 1.82) is 0 Å². The molecule has 23 heavy (non-hydrogen) atoms. The van der Waals surface area contributed by atoms with Crippen LogP contribution in [0.3, 0.4) is 0 Å². The Morgan fingerprint density at radius 2 is 1.70 bits per heavy atom. The van der Waals surface area contributed by atoms with E-state index in [0.29, 0.717) is 12.8 Å². The molecule has 0 aromatic rings. The maximum absolute atomic E-state index is 12.8. The molecule has 4 unspecified atom stereocenters. The molecule has 0 heterocycles. The van der Waals surface area contributed by atoms with Crippen molar-refractivity contribution in [3.63, 3.8) is 0 Å². The Hall–Kier alpha value is -1.25. The first-order chi connectivity index (χ1) is 10.4. The zero-order valence-electron chi connectivity index (χ0n) is 12.0. The topological polar surface area (TPSA) is 46.5 Å². The van der Waals surface area contributed by atoms with Gasteiger partial charge < -0.3 is 9.84 Å². The highest BCUT2D eigenvalue weighted by Crippen LogP contribution is 2.56. The first kappa shape index (κ1) is 18.1. The van der Waals surface area contributed by atoms with E-state index in [0.717, 1.165) is 6.08 Å². The maximum Gasteiger partial charge on any atom is 0.426 e. The number of aliphatic hydroxyl groups is 1. The molecular formula is C14H16F6O3. The lowest BCUT2D eigenvalue weighted by atomic mass is 9.78. The van der Waals surface area contributed by atoms with E-state index in [1.54, 1.807) is 0 Å². The normalized spacial score (nSPS) is 31.3. The molecule has 1 N–H and O–H groups in total. The number of fused-ring (bicyclic) bond motifs is 2. The number of hydrogen-bond donors (Lipinski definition) is 1. The summed E-state index contributed by atoms with van der Waals surface area (Å²) in [5.74, 6) is -2.48. The Labute approximate surface area is 128 Å². The summed E-state index contributed by atoms with van der Waals surface area (Å²) in [6.07, 6.45) is -12.0. The van der Waals surface area contributed by atoms with Gasteiger partial charge in [0, 0.05) is 6.08 Å². The average molecular weight is 346 g/mol. The van der Waals surface area contributed by atoms with E-state index < -0.39 is 48.3 Å². The summed E-state index contributed by atoms with van der Waals surface area (Å²) in [6.45, 7) is 3.20. The number of carbonyl (C=O) groups excluding carboxylic acids is 1. The molecule has 0 saturated heterocycles. The third kappa shape index (κ3) is 3.20. The van der Waals surface area contributed by atoms with Gasteiger partial charge in [-0.25, -0.2) is 4.79 Å². The minimum atomic E-state index is -5.82. The molecule has 2 aliphatic rings. The molecule has 0 aromatic carbocycles. The third-order valence-corrected chi connectivity index (χ3v) is 4.82. The average Bonchev–Trinajstić information content (AvgIpc) is 2.95. The third-order valence-electron chi connectivity index (χ3n) is 4.82. The second-order valence-corrected chi connectivity index (χ2v) is 6.24. The fraction of sp³-hybridized carbons (Fsp3) is 0.786. The van der Waals surface area contributed by atoms with Gasteiger partial charge in [-0.05, 0) is 43.4 Å². The molecule has 2 rings (SSSR count). The highest BCUT2D eigenvalue weighted by atomic mass is 19.4. The van der Waals surface area contributed by atoms with Crippen molar-refractivity contribution in [3.05, 3.63) is 12.7 Å². The van der Waals surface area contributed by atoms with E-state index in [-0.39, 0.29) is 12.3 Å². The smallest absolute Gasteiger partial charge is 0.426 e. The van der Waals surface area contributed by atoms with Crippen molar-refractivity contribution in [2.45, 2.75) is 49.7 Å². The van der Waals surface area contributed by atoms with Crippen LogP contribution in [0.2, 0.25) is 0 Å². The molecule has 2 bridgehead atoms. The monoisotopic (exact) mass is 346 g/mol. The van der Waals surface area contributed by atoms with E-state index >= 15 is 0 Å². The molecule has 2 saturated carbocycles. The van der Waals surface area contributed by atoms with Gasteiger partial charge in [0.05, 0.1) is 0 Å². The van der Waals surface area contributed by atoms with Gasteiger partial charge in [-0.15, -0.1) is 0 Å². The van der Waals surface area contributed by atoms with Crippen molar-refractivity contribution in [1.82, 2.24) is 0 Å². The molecule has 3 nitrogen and oxygen atoms in total. The van der Waals surface area contributed by atoms with E-state index in [9.17, 15) is 36.2 Å². The van der Waals surface area contributed by atoms with Gasteiger partial charge in [-0.3, -0.25) is 0 Å². The second-order valence-electron chi connectivity index (χ2n) is 6.24. The van der Waals surface area contributed by atoms with Crippen molar-refractivity contribution in [2.24, 2.45) is 17.8 Å². The van der Waals surface area contributed by atoms with Gasteiger partial charge in [0.1, 0.15) is 6.10 Å². The fourth-order valence-corrected chi connectivity index (χ4v) is 3.77. The van der Waals surface area contributed by atoms with E-state index in [2.05, 4.69) is 6.58 Å². The standard InChI is InChI=1S/C14H16F6O3/c1-2-11(21)23-10-5-7-3-8(9(10)4-7)6-12(22,13(15,16)17)14(18,19)20/h2,7-10,22H,1,3-6H2. The van der Waals surface area contributed by atoms with E-state index in [4.69, 9.17) is 4.74 Å². The number of carbonyl (C=O) groups is 1. The van der Waals surface area contributed by atoms with E-state index in [1.807, 2.05) is 0 Å². The summed E-state index contributed by atoms with van der Waals surface area (Å²) in [5.41, 5.74) is -4.75. The fourth-order valence-electron chi connectivity index (χ4n) is 3.77. The van der Waals surface area contributed by atoms with Gasteiger partial charge in [-0.2, -0.15) is 26.3 Å². The molecule has 4 atom stereocenters. The van der Waals surface area contributed by atoms with Crippen LogP contribution < -0.4 is 0 Å². The van der Waals surface area contributed by atoms with Crippen LogP contribution in [0.15, 0.2) is 12.7 Å². The highest BCUT2D eigenvalue weighted by Gasteiger charge is 2.71. The number of esters is 1. The van der Waals surface area contributed by atoms with Crippen molar-refractivity contribution in [3.8, 4) is 0 Å². The van der Waals surface area contributed by atoms with Crippen LogP contribution in [0.5, 0.6) is 0 Å². The van der Waals surface area contributed by atoms with Crippen LogP contribution >= 0.6 is 0 Å². The first-order valence-corrected chi connectivity index (χ1v) is 7.08. The molecule has 0 amide bonds. The minimum Gasteiger partial charge on any atom is -0.459 e. The lowest BCUT2D eigenvalue weighted by Gasteiger charge is -2.37. The van der Waals surface area contributed by atoms with Gasteiger partial charge in [0.25, 0.3) is 5.60 Å². The molecule has 0 aliphatic heterocycles. The summed E-state index contributed by atoms with van der Waals surface area (Å²) in [6, 6.07) is 0. The van der Waals surface area contributed by atoms with Gasteiger partial charge in [0.2, 0.25) is 0 Å². The maximum atomic E-state index is 12.8. The Balaban J connectivity index is 2.16. The molecule has 0 aromatic heterocycles. The van der Waals surface area contributed by atoms with Crippen LogP contribution in [-0.4, -0.2) is 35.1 Å². The predicted molar refractivity (Wildman–Crippen MR) is 66.1 cm³/mol. The van der Waals surface area contributed by atoms with Crippen LogP contribution in [-0.2, 0) is 9.53 Å². The van der Waals surface area contributed by atoms with Crippen molar-refractivity contribution >= 4 is 5.97 Å². The lowest BCUT2D eigenvalue weighted by Crippen LogP contribution is -2.58. The molecule has 0 spiro atoms. The van der Waals surface area contributed by atoms with Gasteiger partial charge in [-0.1, -0.05) is 6.58 Å². The Bertz CT molecular complexity index is 470. The predicted octanol–water partition coefficient (Wildman–Crippen LogP) is 3.38. The number of ether oxygens (including phenoxy) is 1. The number of alkyl halides is 6. The SMILES string of the molecule is C=CC(=O)OC1CC2CC(CC(O)(C(F)(F)F)C(F)(F)F)C1C2. The zero-order valence-corrected chi connectivity index (χ0v) is 12.0. The van der Waals surface area contributed by atoms with Crippen LogP contribution in [0.25, 0.3) is 0 Å². The van der Waals surface area contributed by atoms with Crippen LogP contribution in [0.1, 0.15) is 25.7 Å². The summed E-state index contributed by atoms with van der Waals surface area (Å²) in [5, 5.41) is 9.31. The molecule has 0 radical (unpaired) electrons. The summed E-state index contributed by atoms with van der Waals surface area (Å²) >= 11 is 0. The quantitative estimate of drug-likeness (QED) is 0.482. The molecule has 2 fully saturated rings. The van der Waals surface area contributed by atoms with Crippen molar-refractivity contribution < 1.29 is 41.0 Å². The largest absolute Gasteiger partial charge is 0.459 e. The van der Waals surface area contributed by atoms with Crippen molar-refractivity contribution in [2.75, 3.05) is 0 Å². The summed E-state index contributed by atoms with van der Waals surface area (Å²) in [7, 11) is 0. The second kappa shape index (κ2) is 5.68. The lowest BCUT2D eigenvalue weighted by molar-refractivity contribution is -0.373. The molecule has 9 heteroatoms. The van der Waals surface area contributed by atoms with E-state index in [1.165, 1.54) is 0 Å². The Morgan fingerprint density at radius 1 is 1.13 bits per heavy atom. The Morgan fingerprint density at radius 3 is 2.13 bits per heavy atom. The Kier molecular flexibility index (Phi) is 4.47. The zero-order chi connectivity index (χ0) is 17.6. The molecule has 132 valence electrons. The number of hydrogen-bond acceptors (Lipinski definition) is 3.